The Balaban J connectivity index is 0.00000125. The smallest absolute Gasteiger partial charge is 0.231 e. The summed E-state index contributed by atoms with van der Waals surface area (Å²) in [5, 5.41) is 1.16. The van der Waals surface area contributed by atoms with Crippen LogP contribution in [0.25, 0.3) is 22.2 Å². The quantitative estimate of drug-likeness (QED) is 0.486. The van der Waals surface area contributed by atoms with E-state index in [4.69, 9.17) is 14.5 Å². The molecule has 0 saturated carbocycles. The highest BCUT2D eigenvalue weighted by atomic mass is 35.5. The van der Waals surface area contributed by atoms with Gasteiger partial charge in [0, 0.05) is 23.4 Å². The number of aryl methyl sites for hydroxylation is 1. The van der Waals surface area contributed by atoms with Gasteiger partial charge in [0.25, 0.3) is 0 Å². The molecule has 1 aliphatic carbocycles. The van der Waals surface area contributed by atoms with Crippen molar-refractivity contribution in [3.8, 4) is 22.8 Å². The second kappa shape index (κ2) is 4.62. The summed E-state index contributed by atoms with van der Waals surface area (Å²) in [5.41, 5.74) is 7.35. The molecule has 2 aliphatic rings. The first-order chi connectivity index (χ1) is 10.3. The summed E-state index contributed by atoms with van der Waals surface area (Å²) in [6.45, 7) is 2.48. The Morgan fingerprint density at radius 2 is 1.82 bits per heavy atom. The number of nitrogens with zero attached hydrogens (tertiary/aromatic N) is 1. The number of benzene rings is 2. The standard InChI is InChI=1S/C18H13NO2.ClH/c1-10-13-7-16-17(21-9-20-16)8-15(13)19-18-12-5-3-2-4-11(12)6-14(10)18;/h2-5,7-8H,6,9H2,1H3;1H. The molecule has 110 valence electrons. The van der Waals surface area contributed by atoms with Crippen LogP contribution in [0, 0.1) is 6.92 Å². The van der Waals surface area contributed by atoms with Crippen molar-refractivity contribution in [3.05, 3.63) is 53.1 Å². The van der Waals surface area contributed by atoms with E-state index < -0.39 is 0 Å². The van der Waals surface area contributed by atoms with Gasteiger partial charge in [-0.3, -0.25) is 0 Å². The van der Waals surface area contributed by atoms with Gasteiger partial charge in [-0.05, 0) is 29.7 Å². The highest BCUT2D eigenvalue weighted by molar-refractivity contribution is 5.91. The molecule has 3 nitrogen and oxygen atoms in total. The molecule has 0 bridgehead atoms. The monoisotopic (exact) mass is 311 g/mol. The molecule has 22 heavy (non-hydrogen) atoms. The molecule has 1 aromatic heterocycles. The van der Waals surface area contributed by atoms with Gasteiger partial charge in [0.15, 0.2) is 11.5 Å². The Morgan fingerprint density at radius 1 is 1.05 bits per heavy atom. The van der Waals surface area contributed by atoms with Crippen molar-refractivity contribution in [2.24, 2.45) is 0 Å². The lowest BCUT2D eigenvalue weighted by atomic mass is 10.0. The normalized spacial score (nSPS) is 13.7. The molecule has 0 N–H and O–H groups in total. The van der Waals surface area contributed by atoms with E-state index in [0.29, 0.717) is 6.79 Å². The molecule has 5 rings (SSSR count). The van der Waals surface area contributed by atoms with Crippen molar-refractivity contribution in [1.82, 2.24) is 4.98 Å². The molecule has 3 aromatic rings. The fraction of sp³-hybridized carbons (Fsp3) is 0.167. The van der Waals surface area contributed by atoms with Gasteiger partial charge in [0.05, 0.1) is 11.2 Å². The van der Waals surface area contributed by atoms with Crippen LogP contribution in [0.1, 0.15) is 16.7 Å². The minimum atomic E-state index is 0. The van der Waals surface area contributed by atoms with E-state index in [9.17, 15) is 0 Å². The van der Waals surface area contributed by atoms with E-state index in [1.54, 1.807) is 0 Å². The predicted molar refractivity (Wildman–Crippen MR) is 88.1 cm³/mol. The maximum absolute atomic E-state index is 5.49. The van der Waals surface area contributed by atoms with E-state index in [1.807, 2.05) is 6.07 Å². The van der Waals surface area contributed by atoms with E-state index in [0.717, 1.165) is 34.5 Å². The van der Waals surface area contributed by atoms with Gasteiger partial charge in [0.1, 0.15) is 0 Å². The Kier molecular flexibility index (Phi) is 2.81. The lowest BCUT2D eigenvalue weighted by Gasteiger charge is -2.09. The summed E-state index contributed by atoms with van der Waals surface area (Å²) in [4.78, 5) is 4.90. The third kappa shape index (κ3) is 1.66. The van der Waals surface area contributed by atoms with Crippen molar-refractivity contribution in [3.63, 3.8) is 0 Å². The summed E-state index contributed by atoms with van der Waals surface area (Å²) in [7, 11) is 0. The second-order valence-corrected chi connectivity index (χ2v) is 5.62. The maximum Gasteiger partial charge on any atom is 0.231 e. The van der Waals surface area contributed by atoms with E-state index in [1.165, 1.54) is 22.3 Å². The van der Waals surface area contributed by atoms with Gasteiger partial charge >= 0.3 is 0 Å². The summed E-state index contributed by atoms with van der Waals surface area (Å²) in [6, 6.07) is 12.6. The van der Waals surface area contributed by atoms with Crippen LogP contribution in [0.3, 0.4) is 0 Å². The van der Waals surface area contributed by atoms with Crippen molar-refractivity contribution in [2.75, 3.05) is 6.79 Å². The Morgan fingerprint density at radius 3 is 2.68 bits per heavy atom. The molecule has 0 unspecified atom stereocenters. The second-order valence-electron chi connectivity index (χ2n) is 5.62. The highest BCUT2D eigenvalue weighted by Crippen LogP contribution is 2.42. The molecule has 4 heteroatoms. The number of hydrogen-bond acceptors (Lipinski definition) is 3. The van der Waals surface area contributed by atoms with Crippen LogP contribution < -0.4 is 9.47 Å². The Labute approximate surface area is 134 Å². The molecular weight excluding hydrogens is 298 g/mol. The molecule has 0 atom stereocenters. The average molecular weight is 312 g/mol. The molecule has 0 fully saturated rings. The van der Waals surface area contributed by atoms with Crippen LogP contribution in [0.5, 0.6) is 11.5 Å². The topological polar surface area (TPSA) is 31.4 Å². The van der Waals surface area contributed by atoms with Gasteiger partial charge in [-0.25, -0.2) is 4.98 Å². The zero-order chi connectivity index (χ0) is 14.0. The SMILES string of the molecule is Cc1c2c(nc3cc4c(cc13)OCO4)-c1ccccc1C2.Cl. The van der Waals surface area contributed by atoms with Crippen LogP contribution in [-0.2, 0) is 6.42 Å². The zero-order valence-electron chi connectivity index (χ0n) is 12.1. The van der Waals surface area contributed by atoms with Crippen LogP contribution in [-0.4, -0.2) is 11.8 Å². The first-order valence-corrected chi connectivity index (χ1v) is 7.12. The number of halogens is 1. The number of hydrogen-bond donors (Lipinski definition) is 0. The van der Waals surface area contributed by atoms with Crippen molar-refractivity contribution in [1.29, 1.82) is 0 Å². The van der Waals surface area contributed by atoms with Crippen molar-refractivity contribution >= 4 is 23.3 Å². The molecule has 0 radical (unpaired) electrons. The lowest BCUT2D eigenvalue weighted by Crippen LogP contribution is -1.93. The molecule has 1 aliphatic heterocycles. The third-order valence-electron chi connectivity index (χ3n) is 4.51. The number of pyridine rings is 1. The number of ether oxygens (including phenoxy) is 2. The Hall–Kier alpha value is -2.26. The first kappa shape index (κ1) is 13.4. The largest absolute Gasteiger partial charge is 0.454 e. The van der Waals surface area contributed by atoms with Gasteiger partial charge in [-0.2, -0.15) is 0 Å². The molecule has 0 amide bonds. The van der Waals surface area contributed by atoms with Gasteiger partial charge in [-0.15, -0.1) is 12.4 Å². The van der Waals surface area contributed by atoms with Crippen LogP contribution >= 0.6 is 12.4 Å². The minimum Gasteiger partial charge on any atom is -0.454 e. The van der Waals surface area contributed by atoms with Gasteiger partial charge in [0.2, 0.25) is 6.79 Å². The van der Waals surface area contributed by atoms with Gasteiger partial charge in [-0.1, -0.05) is 24.3 Å². The fourth-order valence-electron chi connectivity index (χ4n) is 3.39. The van der Waals surface area contributed by atoms with Gasteiger partial charge < -0.3 is 9.47 Å². The van der Waals surface area contributed by atoms with Crippen molar-refractivity contribution < 1.29 is 9.47 Å². The number of aromatic nitrogens is 1. The van der Waals surface area contributed by atoms with Crippen LogP contribution in [0.2, 0.25) is 0 Å². The zero-order valence-corrected chi connectivity index (χ0v) is 12.9. The average Bonchev–Trinajstić information content (AvgIpc) is 3.10. The molecule has 2 aromatic carbocycles. The summed E-state index contributed by atoms with van der Waals surface area (Å²) >= 11 is 0. The fourth-order valence-corrected chi connectivity index (χ4v) is 3.39. The summed E-state index contributed by atoms with van der Waals surface area (Å²) in [5.74, 6) is 1.61. The maximum atomic E-state index is 5.49. The number of rotatable bonds is 0. The van der Waals surface area contributed by atoms with E-state index >= 15 is 0 Å². The molecular formula is C18H14ClNO2. The summed E-state index contributed by atoms with van der Waals surface area (Å²) in [6.07, 6.45) is 0.967. The molecule has 0 saturated heterocycles. The summed E-state index contributed by atoms with van der Waals surface area (Å²) < 4.78 is 11.0. The first-order valence-electron chi connectivity index (χ1n) is 7.12. The Bertz CT molecular complexity index is 921. The predicted octanol–water partition coefficient (Wildman–Crippen LogP) is 4.26. The van der Waals surface area contributed by atoms with Crippen LogP contribution in [0.15, 0.2) is 36.4 Å². The molecule has 2 heterocycles. The third-order valence-corrected chi connectivity index (χ3v) is 4.51. The number of fused-ring (bicyclic) bond motifs is 5. The lowest BCUT2D eigenvalue weighted by molar-refractivity contribution is 0.174. The van der Waals surface area contributed by atoms with Crippen LogP contribution in [0.4, 0.5) is 0 Å². The van der Waals surface area contributed by atoms with E-state index in [2.05, 4.69) is 37.3 Å². The van der Waals surface area contributed by atoms with Crippen molar-refractivity contribution in [2.45, 2.75) is 13.3 Å². The highest BCUT2D eigenvalue weighted by Gasteiger charge is 2.24. The van der Waals surface area contributed by atoms with E-state index in [-0.39, 0.29) is 12.4 Å². The minimum absolute atomic E-state index is 0. The molecule has 0 spiro atoms.